The van der Waals surface area contributed by atoms with Gasteiger partial charge in [0.05, 0.1) is 11.7 Å². The van der Waals surface area contributed by atoms with Crippen LogP contribution in [0.4, 0.5) is 20.4 Å². The van der Waals surface area contributed by atoms with Crippen LogP contribution in [0.1, 0.15) is 106 Å². The lowest BCUT2D eigenvalue weighted by atomic mass is 9.76. The molecule has 1 amide bonds. The second-order valence-corrected chi connectivity index (χ2v) is 14.7. The Morgan fingerprint density at radius 3 is 2.61 bits per heavy atom. The Morgan fingerprint density at radius 1 is 1.13 bits per heavy atom. The van der Waals surface area contributed by atoms with E-state index < -0.39 is 34.6 Å². The fourth-order valence-corrected chi connectivity index (χ4v) is 9.14. The largest absolute Gasteiger partial charge is 0.490 e. The van der Waals surface area contributed by atoms with E-state index in [0.717, 1.165) is 68.1 Å². The maximum absolute atomic E-state index is 15.3. The number of aromatic nitrogens is 2. The van der Waals surface area contributed by atoms with Crippen molar-refractivity contribution in [3.05, 3.63) is 41.2 Å². The van der Waals surface area contributed by atoms with Crippen molar-refractivity contribution in [2.75, 3.05) is 24.7 Å². The SMILES string of the molecule is CC1CC2CC(C1)C(NC(=O)c1cnc(N3CC4(CCOCC4)c4cc(OC5CCCCC5)ccc43)nc1C(C)(F)F)(C(=O)O)C2. The highest BCUT2D eigenvalue weighted by Crippen LogP contribution is 2.52. The van der Waals surface area contributed by atoms with Crippen LogP contribution in [0.2, 0.25) is 0 Å². The predicted molar refractivity (Wildman–Crippen MR) is 167 cm³/mol. The molecule has 4 fully saturated rings. The molecular formula is C35H44F2N4O5. The molecule has 248 valence electrons. The fraction of sp³-hybridized carbons (Fsp3) is 0.657. The van der Waals surface area contributed by atoms with E-state index in [9.17, 15) is 14.7 Å². The number of ether oxygens (including phenoxy) is 2. The first-order valence-electron chi connectivity index (χ1n) is 17.0. The van der Waals surface area contributed by atoms with Crippen LogP contribution in [0.3, 0.4) is 0 Å². The number of aliphatic carboxylic acids is 1. The van der Waals surface area contributed by atoms with Gasteiger partial charge in [0.25, 0.3) is 11.8 Å². The number of halogens is 2. The monoisotopic (exact) mass is 638 g/mol. The number of benzene rings is 1. The standard InChI is InChI=1S/C35H44F2N4O5/c1-21-14-22-16-23(15-21)35(18-22,31(43)44)40-30(42)26-19-38-32(39-29(26)33(2,36)37)41-20-34(10-12-45-13-11-34)27-17-25(8-9-28(27)41)46-24-6-4-3-5-7-24/h8-9,17,19,21-24H,3-7,10-16,18,20H2,1-2H3,(H,40,42)(H,43,44). The Kier molecular flexibility index (Phi) is 7.97. The van der Waals surface area contributed by atoms with E-state index in [1.807, 2.05) is 17.0 Å². The summed E-state index contributed by atoms with van der Waals surface area (Å²) < 4.78 is 42.6. The summed E-state index contributed by atoms with van der Waals surface area (Å²) >= 11 is 0. The Bertz CT molecular complexity index is 1500. The highest BCUT2D eigenvalue weighted by atomic mass is 19.3. The van der Waals surface area contributed by atoms with Crippen LogP contribution in [0, 0.1) is 17.8 Å². The molecule has 4 unspecified atom stereocenters. The summed E-state index contributed by atoms with van der Waals surface area (Å²) in [5.41, 5.74) is -0.980. The van der Waals surface area contributed by atoms with Crippen LogP contribution in [0.15, 0.2) is 24.4 Å². The van der Waals surface area contributed by atoms with Crippen molar-refractivity contribution in [3.63, 3.8) is 0 Å². The molecule has 2 N–H and O–H groups in total. The summed E-state index contributed by atoms with van der Waals surface area (Å²) in [6, 6.07) is 5.98. The highest BCUT2D eigenvalue weighted by molar-refractivity contribution is 5.99. The number of hydrogen-bond donors (Lipinski definition) is 2. The van der Waals surface area contributed by atoms with E-state index in [-0.39, 0.29) is 29.3 Å². The van der Waals surface area contributed by atoms with Crippen molar-refractivity contribution in [1.29, 1.82) is 0 Å². The number of hydrogen-bond acceptors (Lipinski definition) is 7. The van der Waals surface area contributed by atoms with E-state index in [1.165, 1.54) is 6.42 Å². The van der Waals surface area contributed by atoms with Crippen molar-refractivity contribution >= 4 is 23.5 Å². The summed E-state index contributed by atoms with van der Waals surface area (Å²) in [5, 5.41) is 13.0. The molecule has 2 bridgehead atoms. The third kappa shape index (κ3) is 5.52. The van der Waals surface area contributed by atoms with Crippen LogP contribution in [-0.2, 0) is 20.9 Å². The van der Waals surface area contributed by atoms with Gasteiger partial charge in [0.15, 0.2) is 0 Å². The van der Waals surface area contributed by atoms with Gasteiger partial charge in [-0.25, -0.2) is 14.8 Å². The third-order valence-electron chi connectivity index (χ3n) is 11.3. The molecule has 7 rings (SSSR count). The van der Waals surface area contributed by atoms with Gasteiger partial charge in [-0.05, 0) is 106 Å². The molecule has 11 heteroatoms. The Hall–Kier alpha value is -3.34. The van der Waals surface area contributed by atoms with Gasteiger partial charge in [-0.15, -0.1) is 0 Å². The average Bonchev–Trinajstić information content (AvgIpc) is 3.47. The molecular weight excluding hydrogens is 594 g/mol. The van der Waals surface area contributed by atoms with Gasteiger partial charge in [0, 0.05) is 44.0 Å². The number of carboxylic acid groups (broad SMARTS) is 1. The number of nitrogens with one attached hydrogen (secondary N) is 1. The lowest BCUT2D eigenvalue weighted by molar-refractivity contribution is -0.146. The average molecular weight is 639 g/mol. The third-order valence-corrected chi connectivity index (χ3v) is 11.3. The zero-order valence-electron chi connectivity index (χ0n) is 26.7. The van der Waals surface area contributed by atoms with Gasteiger partial charge < -0.3 is 24.8 Å². The second kappa shape index (κ2) is 11.7. The van der Waals surface area contributed by atoms with E-state index in [2.05, 4.69) is 28.3 Å². The molecule has 1 saturated heterocycles. The fourth-order valence-electron chi connectivity index (χ4n) is 9.14. The van der Waals surface area contributed by atoms with Crippen LogP contribution in [0.5, 0.6) is 5.75 Å². The lowest BCUT2D eigenvalue weighted by Gasteiger charge is -2.34. The Labute approximate surface area is 268 Å². The predicted octanol–water partition coefficient (Wildman–Crippen LogP) is 6.51. The minimum Gasteiger partial charge on any atom is -0.490 e. The number of carbonyl (C=O) groups excluding carboxylic acids is 1. The van der Waals surface area contributed by atoms with Gasteiger partial charge >= 0.3 is 5.97 Å². The van der Waals surface area contributed by atoms with Gasteiger partial charge in [0.2, 0.25) is 5.95 Å². The highest BCUT2D eigenvalue weighted by Gasteiger charge is 2.56. The van der Waals surface area contributed by atoms with Crippen LogP contribution >= 0.6 is 0 Å². The molecule has 9 nitrogen and oxygen atoms in total. The van der Waals surface area contributed by atoms with Crippen LogP contribution in [-0.4, -0.2) is 58.4 Å². The van der Waals surface area contributed by atoms with Crippen molar-refractivity contribution in [2.24, 2.45) is 17.8 Å². The molecule has 1 spiro atoms. The molecule has 2 aromatic rings. The van der Waals surface area contributed by atoms with Gasteiger partial charge in [-0.2, -0.15) is 8.78 Å². The molecule has 2 aliphatic heterocycles. The number of carbonyl (C=O) groups is 2. The minimum absolute atomic E-state index is 0.0807. The Morgan fingerprint density at radius 2 is 1.89 bits per heavy atom. The number of anilines is 2. The summed E-state index contributed by atoms with van der Waals surface area (Å²) in [6.07, 6.45) is 11.1. The number of nitrogens with zero attached hydrogens (tertiary/aromatic N) is 3. The first kappa shape index (κ1) is 31.3. The van der Waals surface area contributed by atoms with E-state index >= 15 is 8.78 Å². The minimum atomic E-state index is -3.47. The molecule has 1 aromatic carbocycles. The molecule has 1 aromatic heterocycles. The smallest absolute Gasteiger partial charge is 0.329 e. The Balaban J connectivity index is 1.21. The number of amides is 1. The zero-order valence-corrected chi connectivity index (χ0v) is 26.7. The first-order chi connectivity index (χ1) is 22.0. The van der Waals surface area contributed by atoms with Gasteiger partial charge in [-0.1, -0.05) is 13.3 Å². The molecule has 46 heavy (non-hydrogen) atoms. The molecule has 5 aliphatic rings. The number of fused-ring (bicyclic) bond motifs is 4. The van der Waals surface area contributed by atoms with Gasteiger partial charge in [0.1, 0.15) is 17.0 Å². The molecule has 3 aliphatic carbocycles. The molecule has 3 saturated carbocycles. The lowest BCUT2D eigenvalue weighted by Crippen LogP contribution is -2.57. The quantitative estimate of drug-likeness (QED) is 0.353. The number of carboxylic acids is 1. The van der Waals surface area contributed by atoms with Crippen molar-refractivity contribution < 1.29 is 33.0 Å². The second-order valence-electron chi connectivity index (χ2n) is 14.7. The summed E-state index contributed by atoms with van der Waals surface area (Å²) in [5.74, 6) is -4.31. The number of rotatable bonds is 7. The normalized spacial score (nSPS) is 29.0. The zero-order chi connectivity index (χ0) is 32.3. The molecule has 0 radical (unpaired) electrons. The van der Waals surface area contributed by atoms with E-state index in [1.54, 1.807) is 0 Å². The molecule has 4 atom stereocenters. The van der Waals surface area contributed by atoms with Crippen LogP contribution in [0.25, 0.3) is 0 Å². The van der Waals surface area contributed by atoms with Crippen molar-refractivity contribution in [3.8, 4) is 5.75 Å². The summed E-state index contributed by atoms with van der Waals surface area (Å²) in [4.78, 5) is 37.0. The first-order valence-corrected chi connectivity index (χ1v) is 17.0. The molecule has 3 heterocycles. The maximum Gasteiger partial charge on any atom is 0.329 e. The number of alkyl halides is 2. The van der Waals surface area contributed by atoms with Gasteiger partial charge in [-0.3, -0.25) is 4.79 Å². The van der Waals surface area contributed by atoms with E-state index in [4.69, 9.17) is 9.47 Å². The maximum atomic E-state index is 15.3. The van der Waals surface area contributed by atoms with Crippen LogP contribution < -0.4 is 15.0 Å². The van der Waals surface area contributed by atoms with Crippen molar-refractivity contribution in [1.82, 2.24) is 15.3 Å². The summed E-state index contributed by atoms with van der Waals surface area (Å²) in [6.45, 7) is 4.46. The van der Waals surface area contributed by atoms with E-state index in [0.29, 0.717) is 51.9 Å². The summed E-state index contributed by atoms with van der Waals surface area (Å²) in [7, 11) is 0. The topological polar surface area (TPSA) is 114 Å². The van der Waals surface area contributed by atoms with Crippen molar-refractivity contribution in [2.45, 2.75) is 107 Å².